The second kappa shape index (κ2) is 11.2. The van der Waals surface area contributed by atoms with Gasteiger partial charge in [0, 0.05) is 0 Å². The molecule has 0 fully saturated rings. The Balaban J connectivity index is 0.000000170. The number of halogens is 2. The predicted octanol–water partition coefficient (Wildman–Crippen LogP) is 8.74. The standard InChI is InChI=1S/2C12H13.2ClH.Zr/c2*1-9(2)11-7-3-5-10-6-4-8-12(10)11;;;/h2*3-9H,1-2H3;2*1H;/q2*-1;;;+4/p-2. The zero-order chi connectivity index (χ0) is 19.8. The third kappa shape index (κ3) is 6.05. The van der Waals surface area contributed by atoms with Gasteiger partial charge in [-0.25, -0.2) is 0 Å². The van der Waals surface area contributed by atoms with Crippen molar-refractivity contribution in [3.05, 3.63) is 83.9 Å². The van der Waals surface area contributed by atoms with Crippen molar-refractivity contribution >= 4 is 38.6 Å². The Labute approximate surface area is 181 Å². The van der Waals surface area contributed by atoms with Crippen LogP contribution in [-0.4, -0.2) is 0 Å². The molecule has 0 aliphatic rings. The Kier molecular flexibility index (Phi) is 9.30. The van der Waals surface area contributed by atoms with Gasteiger partial charge in [0.15, 0.2) is 0 Å². The molecule has 3 heteroatoms. The number of hydrogen-bond donors (Lipinski definition) is 0. The third-order valence-electron chi connectivity index (χ3n) is 4.67. The molecular weight excluding hydrogens is 450 g/mol. The molecule has 4 aromatic carbocycles. The van der Waals surface area contributed by atoms with Gasteiger partial charge in [-0.05, 0) is 11.8 Å². The maximum atomic E-state index is 4.93. The van der Waals surface area contributed by atoms with Gasteiger partial charge < -0.3 is 0 Å². The van der Waals surface area contributed by atoms with Gasteiger partial charge >= 0.3 is 37.9 Å². The van der Waals surface area contributed by atoms with Gasteiger partial charge in [0.05, 0.1) is 0 Å². The summed E-state index contributed by atoms with van der Waals surface area (Å²) < 4.78 is 0. The number of benzene rings is 2. The van der Waals surface area contributed by atoms with Crippen LogP contribution in [0.2, 0.25) is 0 Å². The molecule has 0 nitrogen and oxygen atoms in total. The molecule has 0 bridgehead atoms. The van der Waals surface area contributed by atoms with E-state index in [0.717, 1.165) is 0 Å². The van der Waals surface area contributed by atoms with Crippen LogP contribution < -0.4 is 0 Å². The Morgan fingerprint density at radius 1 is 0.667 bits per heavy atom. The molecule has 0 spiro atoms. The van der Waals surface area contributed by atoms with Gasteiger partial charge in [-0.15, -0.1) is 57.9 Å². The number of rotatable bonds is 2. The van der Waals surface area contributed by atoms with Gasteiger partial charge in [0.2, 0.25) is 0 Å². The van der Waals surface area contributed by atoms with Crippen LogP contribution in [0.15, 0.2) is 72.8 Å². The van der Waals surface area contributed by atoms with Crippen LogP contribution in [0.3, 0.4) is 0 Å². The molecule has 27 heavy (non-hydrogen) atoms. The Bertz CT molecular complexity index is 869. The normalized spacial score (nSPS) is 10.4. The molecule has 0 unspecified atom stereocenters. The molecular formula is C24H26Cl2Zr. The van der Waals surface area contributed by atoms with Crippen molar-refractivity contribution in [2.75, 3.05) is 0 Å². The van der Waals surface area contributed by atoms with Crippen molar-refractivity contribution < 1.29 is 20.8 Å². The molecule has 0 heterocycles. The zero-order valence-corrected chi connectivity index (χ0v) is 20.3. The first-order chi connectivity index (χ1) is 13.0. The Morgan fingerprint density at radius 3 is 1.37 bits per heavy atom. The van der Waals surface area contributed by atoms with E-state index in [1.165, 1.54) is 32.7 Å². The second-order valence-corrected chi connectivity index (χ2v) is 10.9. The minimum atomic E-state index is -0.826. The second-order valence-electron chi connectivity index (χ2n) is 7.13. The SMILES string of the molecule is CC(C)c1cccc2[cH-]ccc12.CC(C)c1cccc2[cH-]ccc12.[Cl][Zr+2][Cl]. The van der Waals surface area contributed by atoms with Gasteiger partial charge in [-0.3, -0.25) is 0 Å². The van der Waals surface area contributed by atoms with Crippen molar-refractivity contribution in [2.45, 2.75) is 39.5 Å². The van der Waals surface area contributed by atoms with Crippen molar-refractivity contribution in [3.8, 4) is 0 Å². The molecule has 0 radical (unpaired) electrons. The fourth-order valence-corrected chi connectivity index (χ4v) is 3.38. The molecule has 0 aromatic heterocycles. The van der Waals surface area contributed by atoms with E-state index in [2.05, 4.69) is 100 Å². The van der Waals surface area contributed by atoms with Crippen LogP contribution in [0.25, 0.3) is 21.5 Å². The first-order valence-electron chi connectivity index (χ1n) is 9.24. The van der Waals surface area contributed by atoms with E-state index in [4.69, 9.17) is 17.0 Å². The Morgan fingerprint density at radius 2 is 1.04 bits per heavy atom. The first-order valence-corrected chi connectivity index (χ1v) is 15.6. The summed E-state index contributed by atoms with van der Waals surface area (Å²) in [4.78, 5) is 0. The van der Waals surface area contributed by atoms with Crippen LogP contribution in [0.5, 0.6) is 0 Å². The fourth-order valence-electron chi connectivity index (χ4n) is 3.38. The molecule has 0 amide bonds. The van der Waals surface area contributed by atoms with Crippen LogP contribution in [0.4, 0.5) is 0 Å². The molecule has 0 aliphatic heterocycles. The zero-order valence-electron chi connectivity index (χ0n) is 16.3. The summed E-state index contributed by atoms with van der Waals surface area (Å²) in [5.74, 6) is 1.24. The molecule has 0 aliphatic carbocycles. The molecule has 0 N–H and O–H groups in total. The van der Waals surface area contributed by atoms with Crippen LogP contribution in [0.1, 0.15) is 50.7 Å². The predicted molar refractivity (Wildman–Crippen MR) is 119 cm³/mol. The summed E-state index contributed by atoms with van der Waals surface area (Å²) in [5, 5.41) is 5.54. The van der Waals surface area contributed by atoms with Crippen LogP contribution >= 0.6 is 17.0 Å². The summed E-state index contributed by atoms with van der Waals surface area (Å²) in [6, 6.07) is 26.0. The van der Waals surface area contributed by atoms with E-state index in [-0.39, 0.29) is 0 Å². The molecule has 0 saturated carbocycles. The van der Waals surface area contributed by atoms with Crippen molar-refractivity contribution in [2.24, 2.45) is 0 Å². The summed E-state index contributed by atoms with van der Waals surface area (Å²) in [7, 11) is 9.87. The van der Waals surface area contributed by atoms with Crippen LogP contribution in [0, 0.1) is 0 Å². The average Bonchev–Trinajstić information content (AvgIpc) is 3.31. The summed E-state index contributed by atoms with van der Waals surface area (Å²) in [6.45, 7) is 8.95. The van der Waals surface area contributed by atoms with Gasteiger partial charge in [-0.1, -0.05) is 51.0 Å². The fraction of sp³-hybridized carbons (Fsp3) is 0.250. The number of fused-ring (bicyclic) bond motifs is 2. The van der Waals surface area contributed by atoms with Crippen molar-refractivity contribution in [1.29, 1.82) is 0 Å². The number of hydrogen-bond acceptors (Lipinski definition) is 0. The Hall–Kier alpha value is -0.877. The van der Waals surface area contributed by atoms with Gasteiger partial charge in [0.25, 0.3) is 0 Å². The monoisotopic (exact) mass is 474 g/mol. The summed E-state index contributed by atoms with van der Waals surface area (Å²) in [6.07, 6.45) is 0. The molecule has 4 aromatic rings. The topological polar surface area (TPSA) is 0 Å². The van der Waals surface area contributed by atoms with Crippen molar-refractivity contribution in [3.63, 3.8) is 0 Å². The molecule has 140 valence electrons. The quantitative estimate of drug-likeness (QED) is 0.254. The maximum absolute atomic E-state index is 4.93. The third-order valence-corrected chi connectivity index (χ3v) is 4.67. The first kappa shape index (κ1) is 22.4. The van der Waals surface area contributed by atoms with E-state index in [0.29, 0.717) is 11.8 Å². The van der Waals surface area contributed by atoms with Crippen molar-refractivity contribution in [1.82, 2.24) is 0 Å². The van der Waals surface area contributed by atoms with Crippen LogP contribution in [-0.2, 0) is 20.8 Å². The van der Waals surface area contributed by atoms with E-state index in [1.807, 2.05) is 0 Å². The van der Waals surface area contributed by atoms with E-state index in [9.17, 15) is 0 Å². The average molecular weight is 477 g/mol. The van der Waals surface area contributed by atoms with E-state index < -0.39 is 20.8 Å². The van der Waals surface area contributed by atoms with Gasteiger partial charge in [0.1, 0.15) is 0 Å². The summed E-state index contributed by atoms with van der Waals surface area (Å²) in [5.41, 5.74) is 2.91. The minimum absolute atomic E-state index is 0.621. The summed E-state index contributed by atoms with van der Waals surface area (Å²) >= 11 is -0.826. The molecule has 0 atom stereocenters. The molecule has 0 saturated heterocycles. The van der Waals surface area contributed by atoms with E-state index in [1.54, 1.807) is 0 Å². The van der Waals surface area contributed by atoms with Gasteiger partial charge in [-0.2, -0.15) is 24.3 Å². The molecule has 4 rings (SSSR count). The van der Waals surface area contributed by atoms with E-state index >= 15 is 0 Å².